The van der Waals surface area contributed by atoms with Gasteiger partial charge in [-0.1, -0.05) is 17.3 Å². The Hall–Kier alpha value is -2.72. The number of nitrogens with one attached hydrogen (secondary N) is 1. The molecule has 1 saturated heterocycles. The molecule has 130 valence electrons. The molecule has 1 aromatic heterocycles. The second kappa shape index (κ2) is 7.90. The molecule has 1 amide bonds. The van der Waals surface area contributed by atoms with Crippen LogP contribution in [-0.4, -0.2) is 40.6 Å². The molecule has 0 unspecified atom stereocenters. The van der Waals surface area contributed by atoms with Gasteiger partial charge in [0.15, 0.2) is 5.82 Å². The Labute approximate surface area is 146 Å². The SMILES string of the molecule is Cc1noc(C2CCN(CCC(=O)Nc3ccccc3C#N)CC2)n1. The van der Waals surface area contributed by atoms with Crippen molar-refractivity contribution in [1.82, 2.24) is 15.0 Å². The number of nitrogens with zero attached hydrogens (tertiary/aromatic N) is 4. The number of amides is 1. The van der Waals surface area contributed by atoms with Gasteiger partial charge in [0, 0.05) is 18.9 Å². The van der Waals surface area contributed by atoms with Gasteiger partial charge < -0.3 is 14.7 Å². The Morgan fingerprint density at radius 2 is 2.16 bits per heavy atom. The molecule has 7 heteroatoms. The molecule has 1 N–H and O–H groups in total. The number of rotatable bonds is 5. The van der Waals surface area contributed by atoms with Crippen molar-refractivity contribution in [2.24, 2.45) is 0 Å². The standard InChI is InChI=1S/C18H21N5O2/c1-13-20-18(25-22-13)14-6-9-23(10-7-14)11-8-17(24)21-16-5-3-2-4-15(16)12-19/h2-5,14H,6-11H2,1H3,(H,21,24). The van der Waals surface area contributed by atoms with E-state index in [1.54, 1.807) is 24.3 Å². The summed E-state index contributed by atoms with van der Waals surface area (Å²) in [5.41, 5.74) is 1.05. The molecule has 0 atom stereocenters. The number of carbonyl (C=O) groups excluding carboxylic acids is 1. The first kappa shape index (κ1) is 17.1. The Kier molecular flexibility index (Phi) is 5.41. The summed E-state index contributed by atoms with van der Waals surface area (Å²) in [6.07, 6.45) is 2.32. The van der Waals surface area contributed by atoms with Crippen molar-refractivity contribution in [2.45, 2.75) is 32.1 Å². The van der Waals surface area contributed by atoms with Gasteiger partial charge in [0.25, 0.3) is 0 Å². The Morgan fingerprint density at radius 3 is 2.84 bits per heavy atom. The molecule has 0 spiro atoms. The Balaban J connectivity index is 1.44. The lowest BCUT2D eigenvalue weighted by Crippen LogP contribution is -2.35. The summed E-state index contributed by atoms with van der Waals surface area (Å²) in [5, 5.41) is 15.7. The van der Waals surface area contributed by atoms with Crippen LogP contribution in [0, 0.1) is 18.3 Å². The lowest BCUT2D eigenvalue weighted by molar-refractivity contribution is -0.116. The number of hydrogen-bond acceptors (Lipinski definition) is 6. The van der Waals surface area contributed by atoms with Gasteiger partial charge in [-0.25, -0.2) is 0 Å². The topological polar surface area (TPSA) is 95.0 Å². The number of carbonyl (C=O) groups is 1. The third-order valence-electron chi connectivity index (χ3n) is 4.46. The quantitative estimate of drug-likeness (QED) is 0.899. The van der Waals surface area contributed by atoms with Gasteiger partial charge in [0.2, 0.25) is 11.8 Å². The molecule has 7 nitrogen and oxygen atoms in total. The molecule has 2 aromatic rings. The van der Waals surface area contributed by atoms with Crippen LogP contribution in [0.3, 0.4) is 0 Å². The average Bonchev–Trinajstić information content (AvgIpc) is 3.07. The minimum atomic E-state index is -0.0719. The molecular formula is C18H21N5O2. The Bertz CT molecular complexity index is 772. The number of anilines is 1. The number of nitriles is 1. The van der Waals surface area contributed by atoms with E-state index in [-0.39, 0.29) is 5.91 Å². The Morgan fingerprint density at radius 1 is 1.40 bits per heavy atom. The van der Waals surface area contributed by atoms with Gasteiger partial charge in [-0.2, -0.15) is 10.2 Å². The monoisotopic (exact) mass is 339 g/mol. The predicted molar refractivity (Wildman–Crippen MR) is 91.9 cm³/mol. The number of likely N-dealkylation sites (tertiary alicyclic amines) is 1. The highest BCUT2D eigenvalue weighted by Crippen LogP contribution is 2.26. The number of piperidine rings is 1. The maximum Gasteiger partial charge on any atom is 0.229 e. The van der Waals surface area contributed by atoms with Crippen molar-refractivity contribution in [3.05, 3.63) is 41.5 Å². The van der Waals surface area contributed by atoms with E-state index in [1.165, 1.54) is 0 Å². The summed E-state index contributed by atoms with van der Waals surface area (Å²) in [5.74, 6) is 1.64. The van der Waals surface area contributed by atoms with Crippen LogP contribution >= 0.6 is 0 Å². The number of para-hydroxylation sites is 1. The summed E-state index contributed by atoms with van der Waals surface area (Å²) in [6, 6.07) is 9.11. The lowest BCUT2D eigenvalue weighted by Gasteiger charge is -2.30. The second-order valence-electron chi connectivity index (χ2n) is 6.25. The van der Waals surface area contributed by atoms with Gasteiger partial charge in [-0.15, -0.1) is 0 Å². The zero-order chi connectivity index (χ0) is 17.6. The maximum atomic E-state index is 12.1. The van der Waals surface area contributed by atoms with Crippen LogP contribution in [0.1, 0.15) is 42.5 Å². The molecule has 1 aliphatic heterocycles. The minimum Gasteiger partial charge on any atom is -0.339 e. The fourth-order valence-electron chi connectivity index (χ4n) is 3.04. The van der Waals surface area contributed by atoms with Crippen LogP contribution in [0.25, 0.3) is 0 Å². The van der Waals surface area contributed by atoms with Gasteiger partial charge in [0.1, 0.15) is 6.07 Å². The van der Waals surface area contributed by atoms with Crippen LogP contribution in [0.4, 0.5) is 5.69 Å². The smallest absolute Gasteiger partial charge is 0.229 e. The van der Waals surface area contributed by atoms with Crippen LogP contribution < -0.4 is 5.32 Å². The zero-order valence-electron chi connectivity index (χ0n) is 14.2. The fraction of sp³-hybridized carbons (Fsp3) is 0.444. The third kappa shape index (κ3) is 4.43. The lowest BCUT2D eigenvalue weighted by atomic mass is 9.96. The molecule has 2 heterocycles. The predicted octanol–water partition coefficient (Wildman–Crippen LogP) is 2.46. The van der Waals surface area contributed by atoms with E-state index >= 15 is 0 Å². The van der Waals surface area contributed by atoms with Crippen molar-refractivity contribution in [2.75, 3.05) is 25.0 Å². The van der Waals surface area contributed by atoms with Gasteiger partial charge >= 0.3 is 0 Å². The van der Waals surface area contributed by atoms with E-state index < -0.39 is 0 Å². The van der Waals surface area contributed by atoms with Gasteiger partial charge in [0.05, 0.1) is 11.3 Å². The minimum absolute atomic E-state index is 0.0719. The van der Waals surface area contributed by atoms with Crippen LogP contribution in [0.2, 0.25) is 0 Å². The average molecular weight is 339 g/mol. The highest BCUT2D eigenvalue weighted by molar-refractivity contribution is 5.92. The number of hydrogen-bond donors (Lipinski definition) is 1. The van der Waals surface area contributed by atoms with Crippen molar-refractivity contribution in [3.8, 4) is 6.07 Å². The van der Waals surface area contributed by atoms with E-state index in [0.717, 1.165) is 31.8 Å². The molecule has 1 aromatic carbocycles. The van der Waals surface area contributed by atoms with Crippen molar-refractivity contribution >= 4 is 11.6 Å². The highest BCUT2D eigenvalue weighted by atomic mass is 16.5. The van der Waals surface area contributed by atoms with E-state index in [0.29, 0.717) is 36.0 Å². The third-order valence-corrected chi connectivity index (χ3v) is 4.46. The number of aromatic nitrogens is 2. The summed E-state index contributed by atoms with van der Waals surface area (Å²) in [6.45, 7) is 4.35. The molecule has 0 radical (unpaired) electrons. The normalized spacial score (nSPS) is 15.7. The maximum absolute atomic E-state index is 12.1. The molecule has 0 aliphatic carbocycles. The molecule has 3 rings (SSSR count). The first-order valence-corrected chi connectivity index (χ1v) is 8.47. The zero-order valence-corrected chi connectivity index (χ0v) is 14.2. The summed E-state index contributed by atoms with van der Waals surface area (Å²) >= 11 is 0. The van der Waals surface area contributed by atoms with Crippen LogP contribution in [-0.2, 0) is 4.79 Å². The summed E-state index contributed by atoms with van der Waals surface area (Å²) < 4.78 is 5.26. The van der Waals surface area contributed by atoms with Gasteiger partial charge in [-0.05, 0) is 45.0 Å². The van der Waals surface area contributed by atoms with Crippen LogP contribution in [0.5, 0.6) is 0 Å². The molecule has 25 heavy (non-hydrogen) atoms. The van der Waals surface area contributed by atoms with E-state index in [9.17, 15) is 4.79 Å². The molecule has 1 fully saturated rings. The second-order valence-corrected chi connectivity index (χ2v) is 6.25. The molecular weight excluding hydrogens is 318 g/mol. The van der Waals surface area contributed by atoms with Crippen molar-refractivity contribution in [3.63, 3.8) is 0 Å². The number of aryl methyl sites for hydroxylation is 1. The summed E-state index contributed by atoms with van der Waals surface area (Å²) in [7, 11) is 0. The first-order chi connectivity index (χ1) is 12.2. The molecule has 1 aliphatic rings. The molecule has 0 bridgehead atoms. The summed E-state index contributed by atoms with van der Waals surface area (Å²) in [4.78, 5) is 18.7. The highest BCUT2D eigenvalue weighted by Gasteiger charge is 2.24. The van der Waals surface area contributed by atoms with Crippen molar-refractivity contribution < 1.29 is 9.32 Å². The van der Waals surface area contributed by atoms with E-state index in [1.807, 2.05) is 6.92 Å². The van der Waals surface area contributed by atoms with E-state index in [2.05, 4.69) is 26.4 Å². The van der Waals surface area contributed by atoms with Crippen molar-refractivity contribution in [1.29, 1.82) is 5.26 Å². The largest absolute Gasteiger partial charge is 0.339 e. The first-order valence-electron chi connectivity index (χ1n) is 8.47. The van der Waals surface area contributed by atoms with E-state index in [4.69, 9.17) is 9.78 Å². The molecule has 0 saturated carbocycles. The fourth-order valence-corrected chi connectivity index (χ4v) is 3.04. The number of benzene rings is 1. The van der Waals surface area contributed by atoms with Gasteiger partial charge in [-0.3, -0.25) is 4.79 Å². The van der Waals surface area contributed by atoms with Crippen LogP contribution in [0.15, 0.2) is 28.8 Å².